The van der Waals surface area contributed by atoms with Crippen molar-refractivity contribution in [3.63, 3.8) is 0 Å². The SMILES string of the molecule is N#Cc1cc(-c2nc(-c3ccccc3)nc(-n3c4ccccc4c4ccccc43)n2)ccc1-n1c2ccccc2c2ccc3c4cc5c(cc4oc3c21)c1ccccc1n5-c1ccccc1.N#Cc1cc(-c2nc(-c3ccccc3)nc(-n3c4ccccc4c4ccccc43)n2)ccc1-n1c2ccccc2c2ccc3c4cc5c6ccccc6n(-c6ccccc6)c5cc4oc3c21. The fourth-order valence-electron chi connectivity index (χ4n) is 20.5. The third-order valence-corrected chi connectivity index (χ3v) is 26.3. The second-order valence-corrected chi connectivity index (χ2v) is 33.4. The minimum absolute atomic E-state index is 0.463. The molecule has 0 aliphatic heterocycles. The molecule has 28 rings (SSSR count). The monoisotopic (exact) mass is 1690 g/mol. The summed E-state index contributed by atoms with van der Waals surface area (Å²) in [6, 6.07) is 143. The van der Waals surface area contributed by atoms with Gasteiger partial charge in [0.05, 0.1) is 88.7 Å². The number of hydrogen-bond donors (Lipinski definition) is 0. The van der Waals surface area contributed by atoms with Crippen LogP contribution >= 0.6 is 0 Å². The molecular formula is C116H66N14O2. The van der Waals surface area contributed by atoms with Gasteiger partial charge < -0.3 is 27.1 Å². The first-order valence-electron chi connectivity index (χ1n) is 43.8. The highest BCUT2D eigenvalue weighted by molar-refractivity contribution is 6.27. The predicted molar refractivity (Wildman–Crippen MR) is 531 cm³/mol. The molecule has 16 heteroatoms. The molecule has 612 valence electrons. The first kappa shape index (κ1) is 73.7. The van der Waals surface area contributed by atoms with Gasteiger partial charge in [-0.25, -0.2) is 9.97 Å². The predicted octanol–water partition coefficient (Wildman–Crippen LogP) is 28.5. The van der Waals surface area contributed by atoms with Gasteiger partial charge in [-0.3, -0.25) is 9.13 Å². The molecule has 0 spiro atoms. The Morgan fingerprint density at radius 1 is 0.197 bits per heavy atom. The molecule has 28 aromatic rings. The van der Waals surface area contributed by atoms with Crippen LogP contribution in [0.1, 0.15) is 11.1 Å². The molecule has 10 aromatic heterocycles. The zero-order valence-electron chi connectivity index (χ0n) is 70.2. The van der Waals surface area contributed by atoms with Crippen molar-refractivity contribution in [2.24, 2.45) is 0 Å². The van der Waals surface area contributed by atoms with E-state index in [1.54, 1.807) is 0 Å². The van der Waals surface area contributed by atoms with E-state index in [1.165, 1.54) is 5.39 Å². The number of para-hydroxylation sites is 10. The van der Waals surface area contributed by atoms with Crippen LogP contribution in [0.4, 0.5) is 0 Å². The summed E-state index contributed by atoms with van der Waals surface area (Å²) in [6.07, 6.45) is 0. The smallest absolute Gasteiger partial charge is 0.238 e. The van der Waals surface area contributed by atoms with Gasteiger partial charge in [0, 0.05) is 126 Å². The van der Waals surface area contributed by atoms with E-state index in [9.17, 15) is 10.5 Å². The molecule has 16 nitrogen and oxygen atoms in total. The van der Waals surface area contributed by atoms with E-state index >= 15 is 0 Å². The maximum absolute atomic E-state index is 11.1. The Morgan fingerprint density at radius 2 is 0.485 bits per heavy atom. The molecule has 0 N–H and O–H groups in total. The molecule has 18 aromatic carbocycles. The highest BCUT2D eigenvalue weighted by Gasteiger charge is 2.29. The van der Waals surface area contributed by atoms with E-state index in [-0.39, 0.29) is 0 Å². The highest BCUT2D eigenvalue weighted by Crippen LogP contribution is 2.48. The number of benzene rings is 18. The Kier molecular flexibility index (Phi) is 16.2. The summed E-state index contributed by atoms with van der Waals surface area (Å²) < 4.78 is 27.3. The minimum atomic E-state index is 0.463. The van der Waals surface area contributed by atoms with Gasteiger partial charge in [0.15, 0.2) is 34.5 Å². The zero-order chi connectivity index (χ0) is 86.9. The number of nitrogens with zero attached hydrogens (tertiary/aromatic N) is 14. The topological polar surface area (TPSA) is 181 Å². The van der Waals surface area contributed by atoms with Crippen LogP contribution in [-0.2, 0) is 0 Å². The van der Waals surface area contributed by atoms with Crippen molar-refractivity contribution in [1.29, 1.82) is 10.5 Å². The van der Waals surface area contributed by atoms with Crippen molar-refractivity contribution in [1.82, 2.24) is 57.3 Å². The molecule has 0 amide bonds. The van der Waals surface area contributed by atoms with Gasteiger partial charge in [-0.1, -0.05) is 255 Å². The average Bonchev–Trinajstić information content (AvgIpc) is 1.55. The lowest BCUT2D eigenvalue weighted by molar-refractivity contribution is 0.671. The van der Waals surface area contributed by atoms with Crippen LogP contribution in [0.15, 0.2) is 409 Å². The van der Waals surface area contributed by atoms with Gasteiger partial charge in [-0.15, -0.1) is 0 Å². The third-order valence-electron chi connectivity index (χ3n) is 26.3. The van der Waals surface area contributed by atoms with Crippen LogP contribution in [0.2, 0.25) is 0 Å². The first-order chi connectivity index (χ1) is 65.4. The van der Waals surface area contributed by atoms with E-state index < -0.39 is 0 Å². The largest absolute Gasteiger partial charge is 0.454 e. The molecule has 0 saturated carbocycles. The standard InChI is InChI=1S/2C58H33N7O/c59-34-37-31-36(57-60-56(35-15-3-1-4-16-35)61-58(62-57)65-50-25-13-7-19-39(50)40-20-8-14-26-51(40)65)27-30-47(37)64-49-24-12-9-21-41(49)43-28-29-44-46-32-52-45(33-53(46)66-55(44)54(43)64)42-22-10-11-23-48(42)63(52)38-17-5-2-6-18-38;59-34-37-31-36(57-60-56(35-15-3-1-4-16-35)61-58(62-57)65-50-25-13-7-19-39(50)40-20-8-14-26-51(40)65)27-30-47(37)64-49-24-12-9-21-41(49)43-28-29-44-46-32-45-42-22-10-11-23-48(42)63(38-17-5-2-6-18-38)52(45)33-53(46)66-55(44)54(43)64/h2*1-33H. The Labute approximate surface area is 750 Å². The summed E-state index contributed by atoms with van der Waals surface area (Å²) in [5, 5.41) is 39.5. The van der Waals surface area contributed by atoms with E-state index in [2.05, 4.69) is 294 Å². The van der Waals surface area contributed by atoms with Gasteiger partial charge in [0.2, 0.25) is 11.9 Å². The van der Waals surface area contributed by atoms with Crippen LogP contribution in [0.3, 0.4) is 0 Å². The fourth-order valence-corrected chi connectivity index (χ4v) is 20.5. The van der Waals surface area contributed by atoms with Crippen LogP contribution in [0, 0.1) is 22.7 Å². The Morgan fingerprint density at radius 3 is 0.864 bits per heavy atom. The Bertz CT molecular complexity index is 9390. The third kappa shape index (κ3) is 11.1. The van der Waals surface area contributed by atoms with E-state index in [1.807, 2.05) is 146 Å². The minimum Gasteiger partial charge on any atom is -0.454 e. The van der Waals surface area contributed by atoms with E-state index in [4.69, 9.17) is 38.7 Å². The van der Waals surface area contributed by atoms with Gasteiger partial charge in [0.25, 0.3) is 0 Å². The zero-order valence-corrected chi connectivity index (χ0v) is 70.2. The lowest BCUT2D eigenvalue weighted by atomic mass is 10.1. The summed E-state index contributed by atoms with van der Waals surface area (Å²) in [6.45, 7) is 0. The summed E-state index contributed by atoms with van der Waals surface area (Å²) >= 11 is 0. The van der Waals surface area contributed by atoms with Crippen molar-refractivity contribution in [3.8, 4) is 92.3 Å². The van der Waals surface area contributed by atoms with Crippen molar-refractivity contribution < 1.29 is 8.83 Å². The molecule has 0 bridgehead atoms. The Balaban J connectivity index is 0.000000135. The number of aromatic nitrogens is 12. The number of fused-ring (bicyclic) bond motifs is 26. The second kappa shape index (κ2) is 29.0. The molecule has 132 heavy (non-hydrogen) atoms. The van der Waals surface area contributed by atoms with E-state index in [0.717, 1.165) is 203 Å². The maximum Gasteiger partial charge on any atom is 0.238 e. The molecule has 0 unspecified atom stereocenters. The summed E-state index contributed by atoms with van der Waals surface area (Å²) in [5.74, 6) is 2.99. The lowest BCUT2D eigenvalue weighted by Crippen LogP contribution is -2.06. The maximum atomic E-state index is 11.1. The molecule has 0 aliphatic rings. The van der Waals surface area contributed by atoms with Gasteiger partial charge in [0.1, 0.15) is 23.3 Å². The number of rotatable bonds is 10. The highest BCUT2D eigenvalue weighted by atomic mass is 16.3. The Hall–Kier alpha value is -18.6. The van der Waals surface area contributed by atoms with Crippen molar-refractivity contribution in [2.75, 3.05) is 0 Å². The van der Waals surface area contributed by atoms with Crippen LogP contribution in [-0.4, -0.2) is 57.3 Å². The molecule has 0 fully saturated rings. The molecule has 10 heterocycles. The summed E-state index contributed by atoms with van der Waals surface area (Å²) in [7, 11) is 0. The van der Waals surface area contributed by atoms with Gasteiger partial charge in [-0.2, -0.15) is 30.5 Å². The van der Waals surface area contributed by atoms with E-state index in [0.29, 0.717) is 57.4 Å². The van der Waals surface area contributed by atoms with Crippen LogP contribution in [0.5, 0.6) is 0 Å². The molecule has 0 aliphatic carbocycles. The summed E-state index contributed by atoms with van der Waals surface area (Å²) in [4.78, 5) is 30.7. The lowest BCUT2D eigenvalue weighted by Gasteiger charge is -2.13. The molecular weight excluding hydrogens is 1620 g/mol. The number of nitriles is 2. The molecule has 0 radical (unpaired) electrons. The quantitative estimate of drug-likeness (QED) is 0.128. The van der Waals surface area contributed by atoms with Gasteiger partial charge >= 0.3 is 0 Å². The van der Waals surface area contributed by atoms with Crippen molar-refractivity contribution in [3.05, 3.63) is 412 Å². The average molecular weight is 1690 g/mol. The van der Waals surface area contributed by atoms with Crippen molar-refractivity contribution in [2.45, 2.75) is 0 Å². The van der Waals surface area contributed by atoms with Crippen LogP contribution in [0.25, 0.3) is 255 Å². The second-order valence-electron chi connectivity index (χ2n) is 33.4. The van der Waals surface area contributed by atoms with Gasteiger partial charge in [-0.05, 0) is 140 Å². The van der Waals surface area contributed by atoms with Crippen molar-refractivity contribution >= 4 is 175 Å². The van der Waals surface area contributed by atoms with Crippen LogP contribution < -0.4 is 0 Å². The summed E-state index contributed by atoms with van der Waals surface area (Å²) in [5.41, 5.74) is 23.0. The first-order valence-corrected chi connectivity index (χ1v) is 43.8. The molecule has 0 atom stereocenters. The molecule has 0 saturated heterocycles. The fraction of sp³-hybridized carbons (Fsp3) is 0. The normalized spacial score (nSPS) is 11.9. The number of hydrogen-bond acceptors (Lipinski definition) is 10. The number of furan rings is 2.